The number of thiocarbonyl (C=S) groups is 1. The van der Waals surface area contributed by atoms with Crippen molar-refractivity contribution >= 4 is 54.9 Å². The van der Waals surface area contributed by atoms with Crippen molar-refractivity contribution in [2.75, 3.05) is 0 Å². The molecule has 0 aromatic rings. The van der Waals surface area contributed by atoms with E-state index in [-0.39, 0.29) is 4.77 Å². The monoisotopic (exact) mass is 156 g/mol. The van der Waals surface area contributed by atoms with Gasteiger partial charge in [0.2, 0.25) is 0 Å². The topological polar surface area (TPSA) is 41.1 Å². The molecule has 1 amide bonds. The zero-order chi connectivity index (χ0) is 6.57. The zero-order valence-electron chi connectivity index (χ0n) is 3.97. The molecular weight excluding hydrogens is 154 g/mol. The summed E-state index contributed by atoms with van der Waals surface area (Å²) in [5.74, 6) is 0. The molecule has 0 bridgehead atoms. The summed E-state index contributed by atoms with van der Waals surface area (Å²) in [4.78, 5) is 10.1. The Bertz CT molecular complexity index is 117. The predicted molar refractivity (Wildman–Crippen MR) is 35.8 cm³/mol. The largest absolute Gasteiger partial charge is 0.469 e. The van der Waals surface area contributed by atoms with Crippen molar-refractivity contribution in [1.29, 1.82) is 0 Å². The maximum atomic E-state index is 10.1. The van der Waals surface area contributed by atoms with Crippen molar-refractivity contribution in [3.63, 3.8) is 0 Å². The molecule has 0 unspecified atom stereocenters. The van der Waals surface area contributed by atoms with Gasteiger partial charge in [0.25, 0.3) is 16.3 Å². The maximum absolute atomic E-state index is 10.1. The Morgan fingerprint density at radius 2 is 2.12 bits per heavy atom. The first-order valence-corrected chi connectivity index (χ1v) is 3.30. The summed E-state index contributed by atoms with van der Waals surface area (Å²) >= 11 is 8.67. The third-order valence-electron chi connectivity index (χ3n) is 0.368. The van der Waals surface area contributed by atoms with Gasteiger partial charge in [0.15, 0.2) is 0 Å². The summed E-state index contributed by atoms with van der Waals surface area (Å²) in [5.41, 5.74) is 0. The van der Waals surface area contributed by atoms with Crippen LogP contribution in [0.1, 0.15) is 0 Å². The highest BCUT2D eigenvalue weighted by Gasteiger charge is 1.88. The van der Waals surface area contributed by atoms with Crippen molar-refractivity contribution in [3.8, 4) is 0 Å². The Labute approximate surface area is 69.3 Å². The van der Waals surface area contributed by atoms with E-state index in [1.54, 1.807) is 0 Å². The Hall–Kier alpha value is 0.425. The number of rotatable bonds is 0. The Balaban J connectivity index is 3.40. The van der Waals surface area contributed by atoms with Crippen LogP contribution in [-0.4, -0.2) is 42.7 Å². The van der Waals surface area contributed by atoms with Crippen molar-refractivity contribution in [2.45, 2.75) is 0 Å². The van der Waals surface area contributed by atoms with E-state index in [2.05, 4.69) is 38.3 Å². The van der Waals surface area contributed by atoms with E-state index in [1.807, 2.05) is 16.3 Å². The van der Waals surface area contributed by atoms with Crippen LogP contribution in [0.4, 0.5) is 4.79 Å². The van der Waals surface area contributed by atoms with Gasteiger partial charge in [0.1, 0.15) is 9.88 Å². The first kappa shape index (κ1) is 8.42. The Morgan fingerprint density at radius 1 is 1.62 bits per heavy atom. The van der Waals surface area contributed by atoms with E-state index in [9.17, 15) is 4.79 Å². The van der Waals surface area contributed by atoms with E-state index in [4.69, 9.17) is 0 Å². The molecule has 0 spiro atoms. The predicted octanol–water partition coefficient (Wildman–Crippen LogP) is -1.18. The fourth-order valence-electron chi connectivity index (χ4n) is 0.148. The number of hydrogen-bond donors (Lipinski definition) is 2. The van der Waals surface area contributed by atoms with Gasteiger partial charge in [-0.3, -0.25) is 0 Å². The molecule has 0 aromatic heterocycles. The van der Waals surface area contributed by atoms with Crippen LogP contribution in [0.15, 0.2) is 0 Å². The normalized spacial score (nSPS) is 7.50. The quantitative estimate of drug-likeness (QED) is 0.342. The summed E-state index contributed by atoms with van der Waals surface area (Å²) in [5, 5.41) is 2.62. The zero-order valence-corrected chi connectivity index (χ0v) is 7.10. The van der Waals surface area contributed by atoms with Gasteiger partial charge in [0.05, 0.1) is 0 Å². The number of carbonyl (C=O) groups excluding carboxylic acids is 1. The number of hydrogen-bond acceptors (Lipinski definition) is 2. The molecule has 0 rings (SSSR count). The lowest BCUT2D eigenvalue weighted by Crippen LogP contribution is -2.37. The molecule has 0 saturated heterocycles. The van der Waals surface area contributed by atoms with Crippen molar-refractivity contribution in [1.82, 2.24) is 9.62 Å². The van der Waals surface area contributed by atoms with Gasteiger partial charge < -0.3 is 14.4 Å². The summed E-state index contributed by atoms with van der Waals surface area (Å²) in [6, 6.07) is 0. The lowest BCUT2D eigenvalue weighted by atomic mass is 11.1. The highest BCUT2D eigenvalue weighted by molar-refractivity contribution is 7.80. The summed E-state index contributed by atoms with van der Waals surface area (Å²) in [7, 11) is 0. The molecule has 0 aliphatic rings. The first-order chi connectivity index (χ1) is 3.66. The molecule has 0 aliphatic heterocycles. The second kappa shape index (κ2) is 4.32. The molecular formula is C2H2Al2N2OS. The molecule has 8 heavy (non-hydrogen) atoms. The fourth-order valence-corrected chi connectivity index (χ4v) is 0.570. The van der Waals surface area contributed by atoms with Crippen LogP contribution in [-0.2, 0) is 0 Å². The summed E-state index contributed by atoms with van der Waals surface area (Å²) < 4.78 is 2.25. The number of amides is 1. The van der Waals surface area contributed by atoms with E-state index in [1.165, 1.54) is 0 Å². The van der Waals surface area contributed by atoms with Gasteiger partial charge in [0, 0.05) is 0 Å². The van der Waals surface area contributed by atoms with Crippen molar-refractivity contribution in [2.24, 2.45) is 0 Å². The Kier molecular flexibility index (Phi) is 4.55. The van der Waals surface area contributed by atoms with Crippen molar-refractivity contribution in [3.05, 3.63) is 0 Å². The van der Waals surface area contributed by atoms with Gasteiger partial charge in [-0.25, -0.2) is 0 Å². The third kappa shape index (κ3) is 4.58. The molecule has 4 radical (unpaired) electrons. The molecule has 3 nitrogen and oxygen atoms in total. The molecule has 0 saturated carbocycles. The minimum absolute atomic E-state index is 0.245. The van der Waals surface area contributed by atoms with Crippen molar-refractivity contribution < 1.29 is 4.79 Å². The van der Waals surface area contributed by atoms with Crippen LogP contribution in [0.3, 0.4) is 0 Å². The van der Waals surface area contributed by atoms with Gasteiger partial charge in [-0.15, -0.1) is 0 Å². The lowest BCUT2D eigenvalue weighted by molar-refractivity contribution is 0.263. The smallest absolute Gasteiger partial charge is 0.309 e. The Morgan fingerprint density at radius 3 is 2.25 bits per heavy atom. The standard InChI is InChI=1S/C2H3N2OS.2Al/c3-2(6)4-1-5;;/h(H3,3,4,5,6);;/q;;+1/p-1. The van der Waals surface area contributed by atoms with Gasteiger partial charge in [-0.1, -0.05) is 0 Å². The first-order valence-electron chi connectivity index (χ1n) is 1.74. The van der Waals surface area contributed by atoms with Crippen LogP contribution >= 0.6 is 12.2 Å². The van der Waals surface area contributed by atoms with E-state index in [0.717, 1.165) is 0 Å². The van der Waals surface area contributed by atoms with Crippen LogP contribution in [0, 0.1) is 0 Å². The maximum Gasteiger partial charge on any atom is 0.309 e. The second-order valence-corrected chi connectivity index (χ2v) is 2.18. The lowest BCUT2D eigenvalue weighted by Gasteiger charge is -2.02. The third-order valence-corrected chi connectivity index (χ3v) is 1.23. The summed E-state index contributed by atoms with van der Waals surface area (Å²) in [6.07, 6.45) is 0. The molecule has 0 heterocycles. The molecule has 0 aromatic carbocycles. The van der Waals surface area contributed by atoms with Gasteiger partial charge in [-0.05, 0) is 12.2 Å². The van der Waals surface area contributed by atoms with E-state index in [0.29, 0.717) is 5.11 Å². The second-order valence-electron chi connectivity index (χ2n) is 0.963. The molecule has 0 atom stereocenters. The van der Waals surface area contributed by atoms with E-state index < -0.39 is 0 Å². The van der Waals surface area contributed by atoms with E-state index >= 15 is 0 Å². The minimum Gasteiger partial charge on any atom is -0.469 e. The number of carbonyl (C=O) groups is 1. The van der Waals surface area contributed by atoms with Crippen LogP contribution < -0.4 is 9.62 Å². The van der Waals surface area contributed by atoms with Crippen LogP contribution in [0.5, 0.6) is 0 Å². The highest BCUT2D eigenvalue weighted by atomic mass is 32.1. The fraction of sp³-hybridized carbons (Fsp3) is 0. The SMILES string of the molecule is O=[C]([Al])NC(=S)[NH][Al]. The van der Waals surface area contributed by atoms with Crippen LogP contribution in [0.2, 0.25) is 0 Å². The van der Waals surface area contributed by atoms with Gasteiger partial charge >= 0.3 is 16.5 Å². The average Bonchev–Trinajstić information content (AvgIpc) is 1.65. The highest BCUT2D eigenvalue weighted by Crippen LogP contribution is 1.61. The molecule has 0 fully saturated rings. The van der Waals surface area contributed by atoms with Gasteiger partial charge in [-0.2, -0.15) is 0 Å². The summed E-state index contributed by atoms with van der Waals surface area (Å²) in [6.45, 7) is 0. The molecule has 38 valence electrons. The molecule has 6 heteroatoms. The average molecular weight is 156 g/mol. The van der Waals surface area contributed by atoms with Crippen LogP contribution in [0.25, 0.3) is 0 Å². The number of nitrogens with one attached hydrogen (secondary N) is 2. The minimum atomic E-state index is -0.245. The molecule has 2 N–H and O–H groups in total. The molecule has 0 aliphatic carbocycles.